The Bertz CT molecular complexity index is 1140. The van der Waals surface area contributed by atoms with Crippen LogP contribution in [0.4, 0.5) is 0 Å². The Hall–Kier alpha value is -3.18. The third-order valence-electron chi connectivity index (χ3n) is 7.77. The Balaban J connectivity index is 1.45. The number of para-hydroxylation sites is 1. The van der Waals surface area contributed by atoms with E-state index in [4.69, 9.17) is 4.74 Å². The minimum Gasteiger partial charge on any atom is -0.467 e. The lowest BCUT2D eigenvalue weighted by Gasteiger charge is -2.16. The summed E-state index contributed by atoms with van der Waals surface area (Å²) in [6.07, 6.45) is 24.5. The molecule has 0 spiro atoms. The summed E-state index contributed by atoms with van der Waals surface area (Å²) in [5, 5.41) is 3.94. The van der Waals surface area contributed by atoms with Gasteiger partial charge in [-0.2, -0.15) is 0 Å². The second-order valence-electron chi connectivity index (χ2n) is 11.4. The predicted molar refractivity (Wildman–Crippen MR) is 175 cm³/mol. The van der Waals surface area contributed by atoms with Crippen molar-refractivity contribution in [3.05, 3.63) is 36.0 Å². The number of carbonyl (C=O) groups excluding carboxylic acids is 2. The number of nitrogens with one attached hydrogen (secondary N) is 2. The van der Waals surface area contributed by atoms with Crippen molar-refractivity contribution in [1.29, 1.82) is 0 Å². The number of hydrogen-bond acceptors (Lipinski definition) is 3. The summed E-state index contributed by atoms with van der Waals surface area (Å²) in [6.45, 7) is 2.27. The summed E-state index contributed by atoms with van der Waals surface area (Å²) in [5.41, 5.74) is 2.00. The van der Waals surface area contributed by atoms with Crippen LogP contribution in [0.2, 0.25) is 0 Å². The van der Waals surface area contributed by atoms with Crippen molar-refractivity contribution in [3.63, 3.8) is 0 Å². The molecule has 0 unspecified atom stereocenters. The Morgan fingerprint density at radius 2 is 1.33 bits per heavy atom. The van der Waals surface area contributed by atoms with Crippen molar-refractivity contribution in [1.82, 2.24) is 10.3 Å². The summed E-state index contributed by atoms with van der Waals surface area (Å²) < 4.78 is 4.95. The molecule has 1 aromatic heterocycles. The number of carbonyl (C=O) groups is 2. The molecule has 0 fully saturated rings. The monoisotopic (exact) mass is 574 g/mol. The third kappa shape index (κ3) is 15.7. The van der Waals surface area contributed by atoms with Gasteiger partial charge in [-0.3, -0.25) is 4.79 Å². The van der Waals surface area contributed by atoms with E-state index >= 15 is 0 Å². The van der Waals surface area contributed by atoms with E-state index in [0.717, 1.165) is 67.8 Å². The summed E-state index contributed by atoms with van der Waals surface area (Å²) in [5.74, 6) is 11.9. The van der Waals surface area contributed by atoms with Crippen molar-refractivity contribution in [2.75, 3.05) is 7.11 Å². The number of esters is 1. The van der Waals surface area contributed by atoms with Crippen LogP contribution in [-0.4, -0.2) is 30.0 Å². The second kappa shape index (κ2) is 23.4. The van der Waals surface area contributed by atoms with Crippen molar-refractivity contribution in [3.8, 4) is 23.7 Å². The molecule has 0 aliphatic rings. The average Bonchev–Trinajstić information content (AvgIpc) is 3.41. The Morgan fingerprint density at radius 1 is 0.786 bits per heavy atom. The van der Waals surface area contributed by atoms with E-state index in [1.54, 1.807) is 0 Å². The van der Waals surface area contributed by atoms with Gasteiger partial charge in [0.2, 0.25) is 5.91 Å². The van der Waals surface area contributed by atoms with Gasteiger partial charge in [-0.25, -0.2) is 4.79 Å². The van der Waals surface area contributed by atoms with Gasteiger partial charge in [-0.15, -0.1) is 0 Å². The molecular formula is C37H54N2O3. The Kier molecular flexibility index (Phi) is 19.5. The zero-order chi connectivity index (χ0) is 30.1. The molecule has 0 saturated heterocycles. The maximum Gasteiger partial charge on any atom is 0.328 e. The van der Waals surface area contributed by atoms with Crippen LogP contribution in [0.3, 0.4) is 0 Å². The van der Waals surface area contributed by atoms with E-state index in [0.29, 0.717) is 12.8 Å². The van der Waals surface area contributed by atoms with Gasteiger partial charge < -0.3 is 15.0 Å². The highest BCUT2D eigenvalue weighted by atomic mass is 16.5. The van der Waals surface area contributed by atoms with E-state index in [1.807, 2.05) is 30.5 Å². The molecule has 5 heteroatoms. The molecule has 0 radical (unpaired) electrons. The molecule has 2 aromatic rings. The number of fused-ring (bicyclic) bond motifs is 1. The molecule has 1 amide bonds. The lowest BCUT2D eigenvalue weighted by atomic mass is 10.0. The molecule has 1 atom stereocenters. The van der Waals surface area contributed by atoms with Gasteiger partial charge in [0.05, 0.1) is 7.11 Å². The summed E-state index contributed by atoms with van der Waals surface area (Å²) in [7, 11) is 1.36. The summed E-state index contributed by atoms with van der Waals surface area (Å²) >= 11 is 0. The van der Waals surface area contributed by atoms with Gasteiger partial charge in [0.15, 0.2) is 0 Å². The Labute approximate surface area is 255 Å². The first-order valence-electron chi connectivity index (χ1n) is 16.5. The molecule has 0 bridgehead atoms. The van der Waals surface area contributed by atoms with Crippen LogP contribution in [-0.2, 0) is 20.7 Å². The first kappa shape index (κ1) is 35.0. The van der Waals surface area contributed by atoms with Crippen LogP contribution in [0.5, 0.6) is 0 Å². The highest BCUT2D eigenvalue weighted by Gasteiger charge is 2.23. The van der Waals surface area contributed by atoms with Gasteiger partial charge in [0.25, 0.3) is 0 Å². The number of aromatic amines is 1. The normalized spacial score (nSPS) is 11.3. The summed E-state index contributed by atoms with van der Waals surface area (Å²) in [6, 6.07) is 7.25. The minimum atomic E-state index is -0.688. The highest BCUT2D eigenvalue weighted by Crippen LogP contribution is 2.19. The number of rotatable bonds is 22. The van der Waals surface area contributed by atoms with E-state index in [9.17, 15) is 9.59 Å². The average molecular weight is 575 g/mol. The van der Waals surface area contributed by atoms with Crippen molar-refractivity contribution in [2.45, 2.75) is 141 Å². The molecule has 2 rings (SSSR count). The van der Waals surface area contributed by atoms with Crippen LogP contribution in [0, 0.1) is 23.7 Å². The van der Waals surface area contributed by atoms with Crippen LogP contribution in [0.25, 0.3) is 10.9 Å². The van der Waals surface area contributed by atoms with Gasteiger partial charge in [0, 0.05) is 42.8 Å². The topological polar surface area (TPSA) is 71.2 Å². The number of H-pyrrole nitrogens is 1. The minimum absolute atomic E-state index is 0.102. The van der Waals surface area contributed by atoms with Crippen LogP contribution < -0.4 is 5.32 Å². The molecule has 1 aromatic carbocycles. The molecule has 0 aliphatic carbocycles. The maximum atomic E-state index is 12.5. The number of methoxy groups -OCH3 is 1. The molecule has 0 aliphatic heterocycles. The third-order valence-corrected chi connectivity index (χ3v) is 7.77. The van der Waals surface area contributed by atoms with Crippen molar-refractivity contribution >= 4 is 22.8 Å². The van der Waals surface area contributed by atoms with E-state index in [2.05, 4.69) is 40.9 Å². The van der Waals surface area contributed by atoms with E-state index < -0.39 is 12.0 Å². The number of ether oxygens (including phenoxy) is 1. The fourth-order valence-electron chi connectivity index (χ4n) is 5.24. The van der Waals surface area contributed by atoms with Gasteiger partial charge >= 0.3 is 5.97 Å². The largest absolute Gasteiger partial charge is 0.467 e. The Morgan fingerprint density at radius 3 is 1.93 bits per heavy atom. The predicted octanol–water partition coefficient (Wildman–Crippen LogP) is 8.81. The molecular weight excluding hydrogens is 520 g/mol. The SMILES string of the molecule is CCCCCCCCCCCCC#CC#CCCCCCCCCC(=O)N[C@@H](Cc1c[nH]c2ccccc12)C(=O)OC. The number of hydrogen-bond donors (Lipinski definition) is 2. The lowest BCUT2D eigenvalue weighted by molar-refractivity contribution is -0.145. The zero-order valence-electron chi connectivity index (χ0n) is 26.3. The van der Waals surface area contributed by atoms with Crippen LogP contribution in [0.15, 0.2) is 30.5 Å². The first-order valence-corrected chi connectivity index (χ1v) is 16.5. The smallest absolute Gasteiger partial charge is 0.328 e. The quantitative estimate of drug-likeness (QED) is 0.0838. The van der Waals surface area contributed by atoms with Gasteiger partial charge in [-0.1, -0.05) is 120 Å². The number of benzene rings is 1. The fraction of sp³-hybridized carbons (Fsp3) is 0.622. The number of amides is 1. The first-order chi connectivity index (χ1) is 20.7. The molecule has 2 N–H and O–H groups in total. The fourth-order valence-corrected chi connectivity index (χ4v) is 5.24. The standard InChI is InChI=1S/C37H54N2O3/c1-3-4-5-6-7-8-9-10-11-12-13-14-15-16-17-18-19-20-21-22-23-24-29-36(40)39-35(37(41)42-2)30-32-31-38-34-28-26-25-27-33(32)34/h25-28,31,35,38H,3-13,18-24,29-30H2,1-2H3,(H,39,40)/t35-/m0/s1. The van der Waals surface area contributed by atoms with Gasteiger partial charge in [-0.05, 0) is 42.7 Å². The molecule has 0 saturated carbocycles. The number of aromatic nitrogens is 1. The molecule has 1 heterocycles. The molecule has 230 valence electrons. The number of unbranched alkanes of at least 4 members (excludes halogenated alkanes) is 16. The maximum absolute atomic E-state index is 12.5. The highest BCUT2D eigenvalue weighted by molar-refractivity contribution is 5.87. The second-order valence-corrected chi connectivity index (χ2v) is 11.4. The van der Waals surface area contributed by atoms with Crippen LogP contribution >= 0.6 is 0 Å². The molecule has 5 nitrogen and oxygen atoms in total. The van der Waals surface area contributed by atoms with Crippen molar-refractivity contribution in [2.24, 2.45) is 0 Å². The van der Waals surface area contributed by atoms with Crippen LogP contribution in [0.1, 0.15) is 134 Å². The van der Waals surface area contributed by atoms with E-state index in [1.165, 1.54) is 71.3 Å². The summed E-state index contributed by atoms with van der Waals surface area (Å²) in [4.78, 5) is 28.1. The molecule has 42 heavy (non-hydrogen) atoms. The lowest BCUT2D eigenvalue weighted by Crippen LogP contribution is -2.42. The van der Waals surface area contributed by atoms with Gasteiger partial charge in [0.1, 0.15) is 6.04 Å². The zero-order valence-corrected chi connectivity index (χ0v) is 26.3. The van der Waals surface area contributed by atoms with Crippen molar-refractivity contribution < 1.29 is 14.3 Å². The van der Waals surface area contributed by atoms with E-state index in [-0.39, 0.29) is 5.91 Å².